The summed E-state index contributed by atoms with van der Waals surface area (Å²) >= 11 is 0. The molecule has 140 valence electrons. The van der Waals surface area contributed by atoms with Crippen LogP contribution < -0.4 is 0 Å². The number of carbonyl (C=O) groups is 2. The Morgan fingerprint density at radius 2 is 1.67 bits per heavy atom. The van der Waals surface area contributed by atoms with Crippen LogP contribution in [0.3, 0.4) is 0 Å². The molecule has 2 aliphatic carbocycles. The van der Waals surface area contributed by atoms with Gasteiger partial charge in [0.15, 0.2) is 0 Å². The molecule has 4 unspecified atom stereocenters. The summed E-state index contributed by atoms with van der Waals surface area (Å²) in [7, 11) is 0. The summed E-state index contributed by atoms with van der Waals surface area (Å²) in [6.07, 6.45) is 4.48. The molecule has 1 fully saturated rings. The lowest BCUT2D eigenvalue weighted by atomic mass is 9.90. The van der Waals surface area contributed by atoms with Crippen LogP contribution >= 0.6 is 0 Å². The third-order valence-electron chi connectivity index (χ3n) is 5.32. The van der Waals surface area contributed by atoms with E-state index in [1.807, 2.05) is 57.2 Å². The van der Waals surface area contributed by atoms with Gasteiger partial charge in [0.2, 0.25) is 0 Å². The molecule has 2 aromatic carbocycles. The highest BCUT2D eigenvalue weighted by atomic mass is 16.6. The molecule has 1 saturated carbocycles. The van der Waals surface area contributed by atoms with E-state index in [-0.39, 0.29) is 23.8 Å². The molecule has 2 bridgehead atoms. The predicted molar refractivity (Wildman–Crippen MR) is 103 cm³/mol. The molecule has 0 saturated heterocycles. The maximum atomic E-state index is 12.9. The zero-order chi connectivity index (χ0) is 19.2. The average molecular weight is 364 g/mol. The van der Waals surface area contributed by atoms with Crippen LogP contribution in [0.15, 0.2) is 54.6 Å². The molecule has 0 N–H and O–H groups in total. The Kier molecular flexibility index (Phi) is 4.29. The Hall–Kier alpha value is -2.62. The highest BCUT2D eigenvalue weighted by Crippen LogP contribution is 2.46. The van der Waals surface area contributed by atoms with Crippen molar-refractivity contribution in [3.8, 4) is 0 Å². The van der Waals surface area contributed by atoms with Gasteiger partial charge in [-0.05, 0) is 49.9 Å². The van der Waals surface area contributed by atoms with Gasteiger partial charge in [0, 0.05) is 5.92 Å². The van der Waals surface area contributed by atoms with Gasteiger partial charge in [0.1, 0.15) is 17.6 Å². The van der Waals surface area contributed by atoms with E-state index >= 15 is 0 Å². The lowest BCUT2D eigenvalue weighted by Crippen LogP contribution is -2.39. The number of carbonyl (C=O) groups excluding carboxylic acids is 2. The molecule has 4 nitrogen and oxygen atoms in total. The quantitative estimate of drug-likeness (QED) is 0.593. The summed E-state index contributed by atoms with van der Waals surface area (Å²) in [5, 5.41) is 1.85. The molecule has 0 spiro atoms. The smallest absolute Gasteiger partial charge is 0.339 e. The first-order valence-electron chi connectivity index (χ1n) is 9.43. The fourth-order valence-electron chi connectivity index (χ4n) is 4.21. The van der Waals surface area contributed by atoms with Crippen LogP contribution in [0.1, 0.15) is 37.6 Å². The molecule has 4 heteroatoms. The lowest BCUT2D eigenvalue weighted by molar-refractivity contribution is -0.164. The number of hydrogen-bond donors (Lipinski definition) is 0. The third-order valence-corrected chi connectivity index (χ3v) is 5.32. The second-order valence-corrected chi connectivity index (χ2v) is 8.40. The van der Waals surface area contributed by atoms with E-state index in [9.17, 15) is 9.59 Å². The van der Waals surface area contributed by atoms with Crippen molar-refractivity contribution in [2.45, 2.75) is 38.9 Å². The molecule has 0 amide bonds. The van der Waals surface area contributed by atoms with Gasteiger partial charge in [0.05, 0.1) is 5.56 Å². The van der Waals surface area contributed by atoms with Crippen molar-refractivity contribution in [3.05, 3.63) is 60.2 Å². The van der Waals surface area contributed by atoms with Gasteiger partial charge >= 0.3 is 11.9 Å². The Morgan fingerprint density at radius 1 is 0.963 bits per heavy atom. The third kappa shape index (κ3) is 3.36. The Bertz CT molecular complexity index is 916. The number of ether oxygens (including phenoxy) is 2. The SMILES string of the molecule is CC(C)(C)OC(=O)C1C2C=CC(C2)C1OC(=O)c1cccc2ccccc12. The van der Waals surface area contributed by atoms with Crippen molar-refractivity contribution in [2.75, 3.05) is 0 Å². The topological polar surface area (TPSA) is 52.6 Å². The van der Waals surface area contributed by atoms with Crippen LogP contribution in [0.2, 0.25) is 0 Å². The first-order valence-corrected chi connectivity index (χ1v) is 9.43. The first kappa shape index (κ1) is 17.8. The summed E-state index contributed by atoms with van der Waals surface area (Å²) in [6.45, 7) is 5.56. The molecular weight excluding hydrogens is 340 g/mol. The molecule has 0 aliphatic heterocycles. The standard InChI is InChI=1S/C23H24O4/c1-23(2,3)27-22(25)19-15-11-12-16(13-15)20(19)26-21(24)18-10-6-8-14-7-4-5-9-17(14)18/h4-12,15-16,19-20H,13H2,1-3H3. The molecule has 0 heterocycles. The molecule has 2 aromatic rings. The lowest BCUT2D eigenvalue weighted by Gasteiger charge is -2.29. The van der Waals surface area contributed by atoms with Crippen molar-refractivity contribution in [1.82, 2.24) is 0 Å². The second-order valence-electron chi connectivity index (χ2n) is 8.40. The molecule has 4 atom stereocenters. The van der Waals surface area contributed by atoms with E-state index < -0.39 is 17.6 Å². The summed E-state index contributed by atoms with van der Waals surface area (Å²) in [6, 6.07) is 13.3. The van der Waals surface area contributed by atoms with Crippen LogP contribution in [0, 0.1) is 17.8 Å². The zero-order valence-electron chi connectivity index (χ0n) is 15.8. The van der Waals surface area contributed by atoms with E-state index in [1.165, 1.54) is 0 Å². The number of rotatable bonds is 3. The van der Waals surface area contributed by atoms with Crippen LogP contribution in [0.5, 0.6) is 0 Å². The van der Waals surface area contributed by atoms with Gasteiger partial charge in [-0.3, -0.25) is 4.79 Å². The van der Waals surface area contributed by atoms with Crippen molar-refractivity contribution < 1.29 is 19.1 Å². The zero-order valence-corrected chi connectivity index (χ0v) is 15.8. The maximum Gasteiger partial charge on any atom is 0.339 e. The second kappa shape index (κ2) is 6.52. The van der Waals surface area contributed by atoms with Gasteiger partial charge in [0.25, 0.3) is 0 Å². The van der Waals surface area contributed by atoms with Gasteiger partial charge in [-0.2, -0.15) is 0 Å². The summed E-state index contributed by atoms with van der Waals surface area (Å²) in [5.74, 6) is -0.943. The van der Waals surface area contributed by atoms with Crippen LogP contribution in [-0.2, 0) is 14.3 Å². The molecule has 4 rings (SSSR count). The molecule has 2 aliphatic rings. The maximum absolute atomic E-state index is 12.9. The summed E-state index contributed by atoms with van der Waals surface area (Å²) < 4.78 is 11.5. The van der Waals surface area contributed by atoms with Crippen LogP contribution in [0.4, 0.5) is 0 Å². The van der Waals surface area contributed by atoms with E-state index in [0.717, 1.165) is 17.2 Å². The fraction of sp³-hybridized carbons (Fsp3) is 0.391. The van der Waals surface area contributed by atoms with Crippen molar-refractivity contribution in [2.24, 2.45) is 17.8 Å². The minimum Gasteiger partial charge on any atom is -0.460 e. The largest absolute Gasteiger partial charge is 0.460 e. The van der Waals surface area contributed by atoms with Gasteiger partial charge in [-0.25, -0.2) is 4.79 Å². The van der Waals surface area contributed by atoms with Crippen molar-refractivity contribution in [3.63, 3.8) is 0 Å². The highest BCUT2D eigenvalue weighted by Gasteiger charge is 2.52. The van der Waals surface area contributed by atoms with Crippen LogP contribution in [0.25, 0.3) is 10.8 Å². The number of esters is 2. The number of allylic oxidation sites excluding steroid dienone is 1. The first-order chi connectivity index (χ1) is 12.8. The van der Waals surface area contributed by atoms with Crippen LogP contribution in [-0.4, -0.2) is 23.6 Å². The molecular formula is C23H24O4. The number of hydrogen-bond acceptors (Lipinski definition) is 4. The van der Waals surface area contributed by atoms with Crippen molar-refractivity contribution in [1.29, 1.82) is 0 Å². The highest BCUT2D eigenvalue weighted by molar-refractivity contribution is 6.04. The van der Waals surface area contributed by atoms with Gasteiger partial charge in [-0.1, -0.05) is 48.6 Å². The normalized spacial score (nSPS) is 26.3. The van der Waals surface area contributed by atoms with E-state index in [1.54, 1.807) is 6.07 Å². The Balaban J connectivity index is 1.59. The summed E-state index contributed by atoms with van der Waals surface area (Å²) in [4.78, 5) is 25.7. The number of benzene rings is 2. The predicted octanol–water partition coefficient (Wildman–Crippen LogP) is 4.53. The van der Waals surface area contributed by atoms with Gasteiger partial charge in [-0.15, -0.1) is 0 Å². The molecule has 0 aromatic heterocycles. The molecule has 27 heavy (non-hydrogen) atoms. The van der Waals surface area contributed by atoms with Crippen molar-refractivity contribution >= 4 is 22.7 Å². The fourth-order valence-corrected chi connectivity index (χ4v) is 4.21. The average Bonchev–Trinajstić information content (AvgIpc) is 3.21. The number of fused-ring (bicyclic) bond motifs is 3. The molecule has 0 radical (unpaired) electrons. The van der Waals surface area contributed by atoms with E-state index in [2.05, 4.69) is 12.2 Å². The monoisotopic (exact) mass is 364 g/mol. The van der Waals surface area contributed by atoms with E-state index in [4.69, 9.17) is 9.47 Å². The Morgan fingerprint density at radius 3 is 2.44 bits per heavy atom. The van der Waals surface area contributed by atoms with E-state index in [0.29, 0.717) is 5.56 Å². The minimum atomic E-state index is -0.563. The minimum absolute atomic E-state index is 0.0754. The van der Waals surface area contributed by atoms with Gasteiger partial charge < -0.3 is 9.47 Å². The summed E-state index contributed by atoms with van der Waals surface area (Å²) in [5.41, 5.74) is -0.0323. The Labute approximate surface area is 159 Å².